The summed E-state index contributed by atoms with van der Waals surface area (Å²) < 4.78 is 5.39. The lowest BCUT2D eigenvalue weighted by Gasteiger charge is -2.24. The Hall–Kier alpha value is -2.24. The molecule has 29 heavy (non-hydrogen) atoms. The van der Waals surface area contributed by atoms with Gasteiger partial charge >= 0.3 is 5.97 Å². The van der Waals surface area contributed by atoms with E-state index in [4.69, 9.17) is 4.74 Å². The van der Waals surface area contributed by atoms with E-state index in [0.29, 0.717) is 17.9 Å². The minimum Gasteiger partial charge on any atom is -0.460 e. The number of imide groups is 1. The smallest absolute Gasteiger partial charge is 0.307 e. The zero-order valence-electron chi connectivity index (χ0n) is 17.9. The number of carbonyl (C=O) groups excluding carboxylic acids is 3. The number of ether oxygens (including phenoxy) is 1. The Morgan fingerprint density at radius 3 is 2.41 bits per heavy atom. The van der Waals surface area contributed by atoms with Crippen LogP contribution in [0.1, 0.15) is 88.9 Å². The number of carbonyl (C=O) groups is 3. The molecule has 1 fully saturated rings. The highest BCUT2D eigenvalue weighted by Crippen LogP contribution is 2.29. The first kappa shape index (κ1) is 23.0. The molecule has 6 nitrogen and oxygen atoms in total. The number of aromatic nitrogens is 1. The molecule has 2 amide bonds. The van der Waals surface area contributed by atoms with Crippen LogP contribution in [0.4, 0.5) is 0 Å². The van der Waals surface area contributed by atoms with Crippen LogP contribution >= 0.6 is 0 Å². The van der Waals surface area contributed by atoms with Crippen LogP contribution in [-0.4, -0.2) is 28.4 Å². The zero-order chi connectivity index (χ0) is 21.3. The van der Waals surface area contributed by atoms with Crippen molar-refractivity contribution in [3.8, 4) is 0 Å². The molecule has 1 heterocycles. The van der Waals surface area contributed by atoms with Crippen LogP contribution in [0.2, 0.25) is 0 Å². The van der Waals surface area contributed by atoms with Gasteiger partial charge in [-0.1, -0.05) is 44.9 Å². The van der Waals surface area contributed by atoms with Gasteiger partial charge in [0, 0.05) is 23.9 Å². The maximum Gasteiger partial charge on any atom is 0.307 e. The van der Waals surface area contributed by atoms with Gasteiger partial charge in [-0.15, -0.1) is 0 Å². The maximum absolute atomic E-state index is 12.8. The minimum atomic E-state index is -0.604. The standard InChI is InChI=1S/C23H34N2O4/c1-23(2,3)29-20(26)16-19(11-7-10-17-8-5-4-6-9-17)22(28)25-21(27)18-12-14-24-15-13-18/h12-15,17,19H,4-11,16H2,1-3H3,(H,25,27,28)/t19-/m1/s1. The molecule has 0 bridgehead atoms. The molecule has 160 valence electrons. The summed E-state index contributed by atoms with van der Waals surface area (Å²) in [5, 5.41) is 2.44. The van der Waals surface area contributed by atoms with Gasteiger partial charge in [0.15, 0.2) is 0 Å². The summed E-state index contributed by atoms with van der Waals surface area (Å²) in [6, 6.07) is 3.10. The molecule has 0 saturated heterocycles. The number of hydrogen-bond acceptors (Lipinski definition) is 5. The van der Waals surface area contributed by atoms with Crippen molar-refractivity contribution in [2.45, 2.75) is 84.2 Å². The molecule has 1 aliphatic carbocycles. The van der Waals surface area contributed by atoms with Crippen LogP contribution < -0.4 is 5.32 Å². The van der Waals surface area contributed by atoms with Crippen molar-refractivity contribution >= 4 is 17.8 Å². The molecule has 0 radical (unpaired) electrons. The molecule has 0 unspecified atom stereocenters. The van der Waals surface area contributed by atoms with Gasteiger partial charge in [0.25, 0.3) is 5.91 Å². The SMILES string of the molecule is CC(C)(C)OC(=O)C[C@@H](CCCC1CCCCC1)C(=O)NC(=O)c1ccncc1. The molecule has 1 atom stereocenters. The fourth-order valence-electron chi connectivity index (χ4n) is 3.83. The summed E-state index contributed by atoms with van der Waals surface area (Å²) in [5.41, 5.74) is -0.237. The summed E-state index contributed by atoms with van der Waals surface area (Å²) >= 11 is 0. The van der Waals surface area contributed by atoms with Gasteiger partial charge in [-0.2, -0.15) is 0 Å². The fraction of sp³-hybridized carbons (Fsp3) is 0.652. The highest BCUT2D eigenvalue weighted by Gasteiger charge is 2.27. The highest BCUT2D eigenvalue weighted by atomic mass is 16.6. The number of esters is 1. The third-order valence-electron chi connectivity index (χ3n) is 5.27. The second-order valence-electron chi connectivity index (χ2n) is 8.98. The van der Waals surface area contributed by atoms with Crippen LogP contribution in [-0.2, 0) is 14.3 Å². The molecule has 1 aromatic rings. The Kier molecular flexibility index (Phi) is 8.80. The van der Waals surface area contributed by atoms with E-state index < -0.39 is 29.3 Å². The number of nitrogens with zero attached hydrogens (tertiary/aromatic N) is 1. The summed E-state index contributed by atoms with van der Waals surface area (Å²) in [6.45, 7) is 5.40. The Morgan fingerprint density at radius 2 is 1.79 bits per heavy atom. The van der Waals surface area contributed by atoms with Crippen LogP contribution in [0.25, 0.3) is 0 Å². The Morgan fingerprint density at radius 1 is 1.14 bits per heavy atom. The Balaban J connectivity index is 1.94. The van der Waals surface area contributed by atoms with E-state index in [-0.39, 0.29) is 6.42 Å². The second-order valence-corrected chi connectivity index (χ2v) is 8.98. The predicted molar refractivity (Wildman–Crippen MR) is 111 cm³/mol. The third-order valence-corrected chi connectivity index (χ3v) is 5.27. The van der Waals surface area contributed by atoms with Crippen LogP contribution in [0.5, 0.6) is 0 Å². The first-order chi connectivity index (χ1) is 13.7. The highest BCUT2D eigenvalue weighted by molar-refractivity contribution is 6.05. The summed E-state index contributed by atoms with van der Waals surface area (Å²) in [4.78, 5) is 41.2. The Labute approximate surface area is 173 Å². The van der Waals surface area contributed by atoms with Crippen LogP contribution in [0.15, 0.2) is 24.5 Å². The lowest BCUT2D eigenvalue weighted by atomic mass is 9.84. The molecule has 1 N–H and O–H groups in total. The van der Waals surface area contributed by atoms with E-state index in [0.717, 1.165) is 12.8 Å². The van der Waals surface area contributed by atoms with E-state index in [1.807, 2.05) is 0 Å². The molecular weight excluding hydrogens is 368 g/mol. The summed E-state index contributed by atoms with van der Waals surface area (Å²) in [5.74, 6) is -1.15. The van der Waals surface area contributed by atoms with E-state index in [1.165, 1.54) is 44.5 Å². The molecule has 0 aliphatic heterocycles. The minimum absolute atomic E-state index is 0.0165. The number of hydrogen-bond donors (Lipinski definition) is 1. The molecule has 2 rings (SSSR count). The molecule has 1 aromatic heterocycles. The van der Waals surface area contributed by atoms with Gasteiger partial charge in [-0.05, 0) is 45.2 Å². The molecule has 0 aromatic carbocycles. The van der Waals surface area contributed by atoms with Gasteiger partial charge in [0.1, 0.15) is 5.60 Å². The lowest BCUT2D eigenvalue weighted by Crippen LogP contribution is -2.37. The molecule has 1 aliphatic rings. The monoisotopic (exact) mass is 402 g/mol. The van der Waals surface area contributed by atoms with Gasteiger partial charge in [0.2, 0.25) is 5.91 Å². The normalized spacial score (nSPS) is 16.1. The lowest BCUT2D eigenvalue weighted by molar-refractivity contribution is -0.157. The quantitative estimate of drug-likeness (QED) is 0.650. The van der Waals surface area contributed by atoms with Crippen molar-refractivity contribution in [1.29, 1.82) is 0 Å². The first-order valence-corrected chi connectivity index (χ1v) is 10.7. The van der Waals surface area contributed by atoms with Gasteiger partial charge < -0.3 is 4.74 Å². The van der Waals surface area contributed by atoms with Crippen molar-refractivity contribution in [2.75, 3.05) is 0 Å². The van der Waals surface area contributed by atoms with Gasteiger partial charge in [0.05, 0.1) is 6.42 Å². The zero-order valence-corrected chi connectivity index (χ0v) is 17.9. The molecular formula is C23H34N2O4. The average molecular weight is 403 g/mol. The predicted octanol–water partition coefficient (Wildman–Crippen LogP) is 4.44. The number of amides is 2. The maximum atomic E-state index is 12.8. The third kappa shape index (κ3) is 8.75. The molecule has 1 saturated carbocycles. The largest absolute Gasteiger partial charge is 0.460 e. The fourth-order valence-corrected chi connectivity index (χ4v) is 3.83. The van der Waals surface area contributed by atoms with Gasteiger partial charge in [-0.25, -0.2) is 0 Å². The van der Waals surface area contributed by atoms with Crippen molar-refractivity contribution in [2.24, 2.45) is 11.8 Å². The molecule has 0 spiro atoms. The first-order valence-electron chi connectivity index (χ1n) is 10.7. The molecule has 6 heteroatoms. The van der Waals surface area contributed by atoms with Crippen LogP contribution in [0, 0.1) is 11.8 Å². The number of nitrogens with one attached hydrogen (secondary N) is 1. The topological polar surface area (TPSA) is 85.4 Å². The van der Waals surface area contributed by atoms with Gasteiger partial charge in [-0.3, -0.25) is 24.7 Å². The van der Waals surface area contributed by atoms with Crippen molar-refractivity contribution in [1.82, 2.24) is 10.3 Å². The second kappa shape index (κ2) is 11.1. The van der Waals surface area contributed by atoms with E-state index in [2.05, 4.69) is 10.3 Å². The number of pyridine rings is 1. The van der Waals surface area contributed by atoms with Crippen molar-refractivity contribution in [3.63, 3.8) is 0 Å². The average Bonchev–Trinajstić information content (AvgIpc) is 2.67. The van der Waals surface area contributed by atoms with E-state index >= 15 is 0 Å². The Bertz CT molecular complexity index is 676. The summed E-state index contributed by atoms with van der Waals surface area (Å²) in [7, 11) is 0. The van der Waals surface area contributed by atoms with E-state index in [1.54, 1.807) is 32.9 Å². The van der Waals surface area contributed by atoms with Crippen molar-refractivity contribution < 1.29 is 19.1 Å². The number of rotatable bonds is 8. The summed E-state index contributed by atoms with van der Waals surface area (Å²) in [6.07, 6.45) is 11.9. The van der Waals surface area contributed by atoms with Crippen molar-refractivity contribution in [3.05, 3.63) is 30.1 Å². The van der Waals surface area contributed by atoms with Crippen LogP contribution in [0.3, 0.4) is 0 Å². The van der Waals surface area contributed by atoms with E-state index in [9.17, 15) is 14.4 Å².